The van der Waals surface area contributed by atoms with Gasteiger partial charge in [-0.25, -0.2) is 4.79 Å². The Kier molecular flexibility index (Phi) is 5.19. The minimum atomic E-state index is -0.434. The standard InChI is InChI=1S/C12H18O4/c1-9(13)3-8-12(14)16-11-6-4-10(15-2)5-7-11/h3,8,10-11H,4-7H2,1-2H3. The van der Waals surface area contributed by atoms with Gasteiger partial charge >= 0.3 is 5.97 Å². The van der Waals surface area contributed by atoms with Crippen LogP contribution in [0.15, 0.2) is 12.2 Å². The lowest BCUT2D eigenvalue weighted by Crippen LogP contribution is -2.27. The van der Waals surface area contributed by atoms with Crippen molar-refractivity contribution in [3.05, 3.63) is 12.2 Å². The molecule has 0 aromatic carbocycles. The molecule has 0 atom stereocenters. The molecule has 0 aromatic heterocycles. The Morgan fingerprint density at radius 3 is 2.12 bits per heavy atom. The van der Waals surface area contributed by atoms with Crippen molar-refractivity contribution in [3.63, 3.8) is 0 Å². The van der Waals surface area contributed by atoms with Crippen LogP contribution in [0.1, 0.15) is 32.6 Å². The number of carbonyl (C=O) groups is 2. The number of methoxy groups -OCH3 is 1. The predicted molar refractivity (Wildman–Crippen MR) is 59.0 cm³/mol. The first-order valence-corrected chi connectivity index (χ1v) is 5.54. The van der Waals surface area contributed by atoms with Crippen LogP contribution in [0.4, 0.5) is 0 Å². The second-order valence-electron chi connectivity index (χ2n) is 4.02. The van der Waals surface area contributed by atoms with Crippen molar-refractivity contribution in [1.82, 2.24) is 0 Å². The molecule has 0 heterocycles. The maximum atomic E-state index is 11.3. The molecule has 1 fully saturated rings. The SMILES string of the molecule is COC1CCC(OC(=O)C=CC(C)=O)CC1. The quantitative estimate of drug-likeness (QED) is 0.540. The van der Waals surface area contributed by atoms with Crippen LogP contribution in [-0.2, 0) is 19.1 Å². The van der Waals surface area contributed by atoms with Crippen LogP contribution in [0.3, 0.4) is 0 Å². The van der Waals surface area contributed by atoms with E-state index >= 15 is 0 Å². The number of carbonyl (C=O) groups excluding carboxylic acids is 2. The van der Waals surface area contributed by atoms with Crippen LogP contribution < -0.4 is 0 Å². The molecule has 0 N–H and O–H groups in total. The molecular weight excluding hydrogens is 208 g/mol. The van der Waals surface area contributed by atoms with Crippen molar-refractivity contribution in [1.29, 1.82) is 0 Å². The summed E-state index contributed by atoms with van der Waals surface area (Å²) in [6.07, 6.45) is 6.18. The molecule has 4 heteroatoms. The minimum absolute atomic E-state index is 0.0319. The maximum absolute atomic E-state index is 11.3. The normalized spacial score (nSPS) is 25.6. The van der Waals surface area contributed by atoms with Gasteiger partial charge in [-0.15, -0.1) is 0 Å². The molecule has 1 aliphatic carbocycles. The average molecular weight is 226 g/mol. The number of ketones is 1. The van der Waals surface area contributed by atoms with Gasteiger partial charge in [0.25, 0.3) is 0 Å². The van der Waals surface area contributed by atoms with E-state index in [1.165, 1.54) is 19.1 Å². The van der Waals surface area contributed by atoms with E-state index in [1.807, 2.05) is 0 Å². The van der Waals surface area contributed by atoms with Crippen LogP contribution in [-0.4, -0.2) is 31.1 Å². The summed E-state index contributed by atoms with van der Waals surface area (Å²) < 4.78 is 10.4. The first-order valence-electron chi connectivity index (χ1n) is 5.54. The van der Waals surface area contributed by atoms with Crippen LogP contribution in [0.5, 0.6) is 0 Å². The summed E-state index contributed by atoms with van der Waals surface area (Å²) in [6, 6.07) is 0. The van der Waals surface area contributed by atoms with E-state index in [0.717, 1.165) is 25.7 Å². The van der Waals surface area contributed by atoms with Crippen molar-refractivity contribution in [3.8, 4) is 0 Å². The molecule has 0 amide bonds. The molecule has 1 aliphatic rings. The smallest absolute Gasteiger partial charge is 0.331 e. The molecule has 4 nitrogen and oxygen atoms in total. The van der Waals surface area contributed by atoms with Crippen LogP contribution >= 0.6 is 0 Å². The van der Waals surface area contributed by atoms with Gasteiger partial charge in [-0.1, -0.05) is 0 Å². The van der Waals surface area contributed by atoms with Gasteiger partial charge < -0.3 is 9.47 Å². The third kappa shape index (κ3) is 4.57. The zero-order valence-electron chi connectivity index (χ0n) is 9.77. The molecule has 0 unspecified atom stereocenters. The molecule has 0 radical (unpaired) electrons. The highest BCUT2D eigenvalue weighted by Gasteiger charge is 2.22. The number of ether oxygens (including phenoxy) is 2. The van der Waals surface area contributed by atoms with E-state index < -0.39 is 5.97 Å². The van der Waals surface area contributed by atoms with Gasteiger partial charge in [-0.2, -0.15) is 0 Å². The lowest BCUT2D eigenvalue weighted by Gasteiger charge is -2.26. The number of hydrogen-bond donors (Lipinski definition) is 0. The largest absolute Gasteiger partial charge is 0.459 e. The topological polar surface area (TPSA) is 52.6 Å². The molecule has 16 heavy (non-hydrogen) atoms. The molecule has 90 valence electrons. The fourth-order valence-electron chi connectivity index (χ4n) is 1.77. The van der Waals surface area contributed by atoms with Gasteiger partial charge in [-0.3, -0.25) is 4.79 Å². The lowest BCUT2D eigenvalue weighted by atomic mass is 9.95. The second kappa shape index (κ2) is 6.43. The van der Waals surface area contributed by atoms with E-state index in [2.05, 4.69) is 0 Å². The molecule has 0 saturated heterocycles. The van der Waals surface area contributed by atoms with E-state index in [4.69, 9.17) is 9.47 Å². The first kappa shape index (κ1) is 12.9. The summed E-state index contributed by atoms with van der Waals surface area (Å²) in [4.78, 5) is 21.9. The summed E-state index contributed by atoms with van der Waals surface area (Å²) in [5.41, 5.74) is 0. The number of esters is 1. The summed E-state index contributed by atoms with van der Waals surface area (Å²) in [5.74, 6) is -0.587. The molecule has 0 aromatic rings. The predicted octanol–water partition coefficient (Wildman–Crippen LogP) is 1.63. The second-order valence-corrected chi connectivity index (χ2v) is 4.02. The number of hydrogen-bond acceptors (Lipinski definition) is 4. The van der Waals surface area contributed by atoms with Crippen LogP contribution in [0.25, 0.3) is 0 Å². The molecule has 1 saturated carbocycles. The Balaban J connectivity index is 2.28. The monoisotopic (exact) mass is 226 g/mol. The Bertz CT molecular complexity index is 275. The van der Waals surface area contributed by atoms with Crippen molar-refractivity contribution < 1.29 is 19.1 Å². The van der Waals surface area contributed by atoms with Crippen molar-refractivity contribution in [2.24, 2.45) is 0 Å². The number of rotatable bonds is 4. The fraction of sp³-hybridized carbons (Fsp3) is 0.667. The highest BCUT2D eigenvalue weighted by atomic mass is 16.5. The zero-order chi connectivity index (χ0) is 12.0. The third-order valence-electron chi connectivity index (χ3n) is 2.69. The van der Waals surface area contributed by atoms with Gasteiger partial charge in [-0.05, 0) is 38.7 Å². The van der Waals surface area contributed by atoms with Gasteiger partial charge in [0, 0.05) is 13.2 Å². The Labute approximate surface area is 95.6 Å². The molecular formula is C12H18O4. The highest BCUT2D eigenvalue weighted by Crippen LogP contribution is 2.22. The Morgan fingerprint density at radius 2 is 1.62 bits per heavy atom. The summed E-state index contributed by atoms with van der Waals surface area (Å²) in [5, 5.41) is 0. The fourth-order valence-corrected chi connectivity index (χ4v) is 1.77. The molecule has 0 aliphatic heterocycles. The summed E-state index contributed by atoms with van der Waals surface area (Å²) in [7, 11) is 1.70. The maximum Gasteiger partial charge on any atom is 0.331 e. The van der Waals surface area contributed by atoms with Gasteiger partial charge in [0.05, 0.1) is 6.10 Å². The zero-order valence-corrected chi connectivity index (χ0v) is 9.77. The van der Waals surface area contributed by atoms with E-state index in [1.54, 1.807) is 7.11 Å². The van der Waals surface area contributed by atoms with E-state index in [0.29, 0.717) is 6.10 Å². The van der Waals surface area contributed by atoms with E-state index in [-0.39, 0.29) is 11.9 Å². The molecule has 0 bridgehead atoms. The Morgan fingerprint density at radius 1 is 1.06 bits per heavy atom. The van der Waals surface area contributed by atoms with Crippen molar-refractivity contribution in [2.75, 3.05) is 7.11 Å². The molecule has 1 rings (SSSR count). The average Bonchev–Trinajstić information content (AvgIpc) is 2.27. The lowest BCUT2D eigenvalue weighted by molar-refractivity contribution is -0.145. The van der Waals surface area contributed by atoms with Crippen molar-refractivity contribution in [2.45, 2.75) is 44.8 Å². The van der Waals surface area contributed by atoms with E-state index in [9.17, 15) is 9.59 Å². The van der Waals surface area contributed by atoms with Crippen LogP contribution in [0, 0.1) is 0 Å². The molecule has 0 spiro atoms. The Hall–Kier alpha value is -1.16. The first-order chi connectivity index (χ1) is 7.61. The van der Waals surface area contributed by atoms with Crippen LogP contribution in [0.2, 0.25) is 0 Å². The third-order valence-corrected chi connectivity index (χ3v) is 2.69. The highest BCUT2D eigenvalue weighted by molar-refractivity contribution is 5.94. The minimum Gasteiger partial charge on any atom is -0.459 e. The van der Waals surface area contributed by atoms with Gasteiger partial charge in [0.1, 0.15) is 6.10 Å². The summed E-state index contributed by atoms with van der Waals surface area (Å²) in [6.45, 7) is 1.40. The summed E-state index contributed by atoms with van der Waals surface area (Å²) >= 11 is 0. The van der Waals surface area contributed by atoms with Crippen molar-refractivity contribution >= 4 is 11.8 Å². The number of allylic oxidation sites excluding steroid dienone is 1. The van der Waals surface area contributed by atoms with Gasteiger partial charge in [0.2, 0.25) is 0 Å². The van der Waals surface area contributed by atoms with Gasteiger partial charge in [0.15, 0.2) is 5.78 Å².